The molecule has 2 amide bonds. The van der Waals surface area contributed by atoms with Crippen LogP contribution in [0.25, 0.3) is 10.8 Å². The van der Waals surface area contributed by atoms with Gasteiger partial charge < -0.3 is 14.7 Å². The van der Waals surface area contributed by atoms with E-state index in [-0.39, 0.29) is 6.03 Å². The van der Waals surface area contributed by atoms with E-state index in [2.05, 4.69) is 10.5 Å². The first-order valence-corrected chi connectivity index (χ1v) is 9.15. The predicted molar refractivity (Wildman–Crippen MR) is 103 cm³/mol. The summed E-state index contributed by atoms with van der Waals surface area (Å²) in [5, 5.41) is 9.72. The van der Waals surface area contributed by atoms with Gasteiger partial charge in [0.15, 0.2) is 0 Å². The lowest BCUT2D eigenvalue weighted by Crippen LogP contribution is -2.40. The second-order valence-corrected chi connectivity index (χ2v) is 7.12. The number of piperidine rings is 1. The number of halogens is 1. The Bertz CT molecular complexity index is 932. The first-order valence-electron chi connectivity index (χ1n) is 8.77. The molecule has 1 saturated heterocycles. The van der Waals surface area contributed by atoms with Crippen molar-refractivity contribution in [2.75, 3.05) is 18.4 Å². The van der Waals surface area contributed by atoms with Crippen molar-refractivity contribution in [3.05, 3.63) is 58.9 Å². The van der Waals surface area contributed by atoms with Gasteiger partial charge in [0.1, 0.15) is 6.26 Å². The third kappa shape index (κ3) is 3.15. The standard InChI is InChI=1S/C20H20ClN3O2/c1-13-12-17(21)15-4-2-3-5-16(15)19(13)22-20(25)24-9-6-14(7-10-24)18-8-11-26-23-18/h2-5,8,11-12,14H,6-7,9-10H2,1H3,(H,22,25). The van der Waals surface area contributed by atoms with Crippen molar-refractivity contribution in [3.8, 4) is 0 Å². The molecule has 1 N–H and O–H groups in total. The number of carbonyl (C=O) groups excluding carboxylic acids is 1. The molecule has 2 aromatic carbocycles. The van der Waals surface area contributed by atoms with E-state index < -0.39 is 0 Å². The fourth-order valence-corrected chi connectivity index (χ4v) is 3.95. The van der Waals surface area contributed by atoms with Crippen LogP contribution >= 0.6 is 11.6 Å². The number of nitrogens with one attached hydrogen (secondary N) is 1. The number of hydrogen-bond acceptors (Lipinski definition) is 3. The number of nitrogens with zero attached hydrogens (tertiary/aromatic N) is 2. The molecule has 5 nitrogen and oxygen atoms in total. The van der Waals surface area contributed by atoms with E-state index in [4.69, 9.17) is 16.1 Å². The molecule has 1 aliphatic rings. The van der Waals surface area contributed by atoms with Crippen LogP contribution in [-0.4, -0.2) is 29.2 Å². The van der Waals surface area contributed by atoms with Crippen molar-refractivity contribution in [2.45, 2.75) is 25.7 Å². The maximum Gasteiger partial charge on any atom is 0.321 e. The average Bonchev–Trinajstić information content (AvgIpc) is 3.20. The topological polar surface area (TPSA) is 58.4 Å². The van der Waals surface area contributed by atoms with Crippen LogP contribution in [0.15, 0.2) is 47.2 Å². The van der Waals surface area contributed by atoms with Crippen molar-refractivity contribution in [1.82, 2.24) is 10.1 Å². The van der Waals surface area contributed by atoms with Crippen molar-refractivity contribution in [3.63, 3.8) is 0 Å². The Morgan fingerprint density at radius 2 is 1.96 bits per heavy atom. The van der Waals surface area contributed by atoms with E-state index in [1.54, 1.807) is 6.26 Å². The largest absolute Gasteiger partial charge is 0.365 e. The zero-order valence-corrected chi connectivity index (χ0v) is 15.3. The van der Waals surface area contributed by atoms with Gasteiger partial charge in [-0.2, -0.15) is 0 Å². The molecule has 0 radical (unpaired) electrons. The van der Waals surface area contributed by atoms with Crippen LogP contribution in [0.3, 0.4) is 0 Å². The highest BCUT2D eigenvalue weighted by molar-refractivity contribution is 6.36. The number of aryl methyl sites for hydroxylation is 1. The van der Waals surface area contributed by atoms with E-state index in [0.29, 0.717) is 24.0 Å². The van der Waals surface area contributed by atoms with E-state index in [0.717, 1.165) is 40.6 Å². The monoisotopic (exact) mass is 369 g/mol. The van der Waals surface area contributed by atoms with E-state index >= 15 is 0 Å². The van der Waals surface area contributed by atoms with Crippen LogP contribution in [0.1, 0.15) is 30.0 Å². The van der Waals surface area contributed by atoms with Gasteiger partial charge in [-0.15, -0.1) is 0 Å². The minimum Gasteiger partial charge on any atom is -0.365 e. The number of carbonyl (C=O) groups is 1. The molecule has 0 aliphatic carbocycles. The lowest BCUT2D eigenvalue weighted by atomic mass is 9.94. The average molecular weight is 370 g/mol. The second-order valence-electron chi connectivity index (χ2n) is 6.71. The van der Waals surface area contributed by atoms with Crippen LogP contribution < -0.4 is 5.32 Å². The first-order chi connectivity index (χ1) is 12.6. The highest BCUT2D eigenvalue weighted by atomic mass is 35.5. The minimum absolute atomic E-state index is 0.0702. The zero-order chi connectivity index (χ0) is 18.1. The Labute approximate surface area is 156 Å². The number of hydrogen-bond donors (Lipinski definition) is 1. The first kappa shape index (κ1) is 16.9. The van der Waals surface area contributed by atoms with E-state index in [9.17, 15) is 4.79 Å². The Balaban J connectivity index is 1.50. The molecule has 1 aliphatic heterocycles. The van der Waals surface area contributed by atoms with Gasteiger partial charge in [-0.05, 0) is 31.4 Å². The summed E-state index contributed by atoms with van der Waals surface area (Å²) < 4.78 is 4.93. The number of benzene rings is 2. The number of aromatic nitrogens is 1. The van der Waals surface area contributed by atoms with Crippen LogP contribution in [0, 0.1) is 6.92 Å². The highest BCUT2D eigenvalue weighted by Crippen LogP contribution is 2.33. The molecule has 1 fully saturated rings. The summed E-state index contributed by atoms with van der Waals surface area (Å²) in [6.45, 7) is 3.37. The third-order valence-corrected chi connectivity index (χ3v) is 5.39. The summed E-state index contributed by atoms with van der Waals surface area (Å²) in [5.74, 6) is 0.357. The molecule has 4 rings (SSSR count). The summed E-state index contributed by atoms with van der Waals surface area (Å²) >= 11 is 6.35. The van der Waals surface area contributed by atoms with Crippen molar-refractivity contribution in [1.29, 1.82) is 0 Å². The number of fused-ring (bicyclic) bond motifs is 1. The Morgan fingerprint density at radius 1 is 1.23 bits per heavy atom. The molecular weight excluding hydrogens is 350 g/mol. The molecule has 0 atom stereocenters. The van der Waals surface area contributed by atoms with Gasteiger partial charge in [0, 0.05) is 40.9 Å². The summed E-state index contributed by atoms with van der Waals surface area (Å²) in [5.41, 5.74) is 2.76. The zero-order valence-electron chi connectivity index (χ0n) is 14.5. The lowest BCUT2D eigenvalue weighted by molar-refractivity contribution is 0.193. The number of amides is 2. The van der Waals surface area contributed by atoms with Gasteiger partial charge in [-0.1, -0.05) is 41.0 Å². The molecule has 1 aromatic heterocycles. The number of urea groups is 1. The number of likely N-dealkylation sites (tertiary alicyclic amines) is 1. The molecule has 134 valence electrons. The van der Waals surface area contributed by atoms with Crippen molar-refractivity contribution >= 4 is 34.1 Å². The molecule has 0 unspecified atom stereocenters. The van der Waals surface area contributed by atoms with Crippen LogP contribution in [0.4, 0.5) is 10.5 Å². The molecule has 2 heterocycles. The quantitative estimate of drug-likeness (QED) is 0.675. The fourth-order valence-electron chi connectivity index (χ4n) is 3.62. The van der Waals surface area contributed by atoms with Crippen LogP contribution in [0.2, 0.25) is 5.02 Å². The third-order valence-electron chi connectivity index (χ3n) is 5.08. The molecule has 0 saturated carbocycles. The maximum atomic E-state index is 12.8. The summed E-state index contributed by atoms with van der Waals surface area (Å²) in [6, 6.07) is 11.6. The molecule has 6 heteroatoms. The van der Waals surface area contributed by atoms with Gasteiger partial charge in [0.2, 0.25) is 0 Å². The van der Waals surface area contributed by atoms with Gasteiger partial charge in [0.05, 0.1) is 11.4 Å². The van der Waals surface area contributed by atoms with Gasteiger partial charge in [-0.25, -0.2) is 4.79 Å². The fraction of sp³-hybridized carbons (Fsp3) is 0.300. The molecule has 3 aromatic rings. The number of rotatable bonds is 2. The summed E-state index contributed by atoms with van der Waals surface area (Å²) in [7, 11) is 0. The maximum absolute atomic E-state index is 12.8. The van der Waals surface area contributed by atoms with Gasteiger partial charge >= 0.3 is 6.03 Å². The number of anilines is 1. The van der Waals surface area contributed by atoms with Gasteiger partial charge in [0.25, 0.3) is 0 Å². The molecule has 0 spiro atoms. The van der Waals surface area contributed by atoms with Crippen molar-refractivity contribution < 1.29 is 9.32 Å². The predicted octanol–water partition coefficient (Wildman–Crippen LogP) is 5.20. The highest BCUT2D eigenvalue weighted by Gasteiger charge is 2.26. The summed E-state index contributed by atoms with van der Waals surface area (Å²) in [4.78, 5) is 14.6. The van der Waals surface area contributed by atoms with Crippen LogP contribution in [-0.2, 0) is 0 Å². The van der Waals surface area contributed by atoms with E-state index in [1.165, 1.54) is 0 Å². The Morgan fingerprint density at radius 3 is 2.65 bits per heavy atom. The van der Waals surface area contributed by atoms with Gasteiger partial charge in [-0.3, -0.25) is 0 Å². The van der Waals surface area contributed by atoms with Crippen molar-refractivity contribution in [2.24, 2.45) is 0 Å². The van der Waals surface area contributed by atoms with E-state index in [1.807, 2.05) is 48.2 Å². The summed E-state index contributed by atoms with van der Waals surface area (Å²) in [6.07, 6.45) is 3.38. The van der Waals surface area contributed by atoms with Crippen LogP contribution in [0.5, 0.6) is 0 Å². The normalized spacial score (nSPS) is 15.4. The molecular formula is C20H20ClN3O2. The minimum atomic E-state index is -0.0702. The second kappa shape index (κ2) is 7.00. The lowest BCUT2D eigenvalue weighted by Gasteiger charge is -2.31. The Kier molecular flexibility index (Phi) is 4.55. The molecule has 26 heavy (non-hydrogen) atoms. The SMILES string of the molecule is Cc1cc(Cl)c2ccccc2c1NC(=O)N1CCC(c2ccon2)CC1. The smallest absolute Gasteiger partial charge is 0.321 e. The Hall–Kier alpha value is -2.53. The molecule has 0 bridgehead atoms.